The van der Waals surface area contributed by atoms with Crippen LogP contribution in [0.25, 0.3) is 0 Å². The summed E-state index contributed by atoms with van der Waals surface area (Å²) in [5.41, 5.74) is 1.30. The summed E-state index contributed by atoms with van der Waals surface area (Å²) in [6.07, 6.45) is 4.84. The summed E-state index contributed by atoms with van der Waals surface area (Å²) < 4.78 is 6.11. The number of hydrogen-bond donors (Lipinski definition) is 2. The van der Waals surface area contributed by atoms with E-state index in [4.69, 9.17) is 4.74 Å². The van der Waals surface area contributed by atoms with Crippen molar-refractivity contribution in [3.63, 3.8) is 0 Å². The molecule has 9 heteroatoms. The third-order valence-electron chi connectivity index (χ3n) is 4.72. The summed E-state index contributed by atoms with van der Waals surface area (Å²) in [7, 11) is 0. The minimum atomic E-state index is -0.260. The van der Waals surface area contributed by atoms with Gasteiger partial charge < -0.3 is 9.64 Å². The van der Waals surface area contributed by atoms with Gasteiger partial charge in [0.1, 0.15) is 5.75 Å². The Morgan fingerprint density at radius 2 is 1.89 bits per heavy atom. The number of thioether (sulfide) groups is 2. The van der Waals surface area contributed by atoms with E-state index in [1.807, 2.05) is 35.7 Å². The summed E-state index contributed by atoms with van der Waals surface area (Å²) >= 11 is 3.98. The molecule has 2 N–H and O–H groups in total. The van der Waals surface area contributed by atoms with Crippen LogP contribution in [0.1, 0.15) is 35.8 Å². The van der Waals surface area contributed by atoms with Crippen molar-refractivity contribution in [2.24, 2.45) is 0 Å². The van der Waals surface area contributed by atoms with Crippen LogP contribution < -0.4 is 15.0 Å². The van der Waals surface area contributed by atoms with Gasteiger partial charge >= 0.3 is 0 Å². The maximum Gasteiger partial charge on any atom is 0.264 e. The zero-order valence-corrected chi connectivity index (χ0v) is 17.4. The number of benzene rings is 1. The highest BCUT2D eigenvalue weighted by Gasteiger charge is 2.17. The Morgan fingerprint density at radius 3 is 2.64 bits per heavy atom. The van der Waals surface area contributed by atoms with Gasteiger partial charge in [-0.05, 0) is 54.9 Å². The van der Waals surface area contributed by atoms with Crippen molar-refractivity contribution in [3.05, 3.63) is 29.8 Å². The van der Waals surface area contributed by atoms with E-state index in [9.17, 15) is 4.79 Å². The number of aromatic amines is 1. The standard InChI is InChI=1S/C19H25N5O2S2/c25-16(20-18-21-19(23-22-18)24-9-2-1-3-10-24)13-26-15-7-5-14(6-8-15)17-27-11-4-12-28-17/h5-8,17H,1-4,9-13H2,(H2,20,21,22,23,25). The quantitative estimate of drug-likeness (QED) is 0.739. The molecular formula is C19H25N5O2S2. The molecule has 1 aromatic carbocycles. The lowest BCUT2D eigenvalue weighted by Crippen LogP contribution is -2.30. The summed E-state index contributed by atoms with van der Waals surface area (Å²) in [5, 5.41) is 9.68. The highest BCUT2D eigenvalue weighted by atomic mass is 32.2. The fourth-order valence-corrected chi connectivity index (χ4v) is 6.16. The van der Waals surface area contributed by atoms with E-state index in [0.29, 0.717) is 22.2 Å². The molecule has 2 saturated heterocycles. The predicted octanol–water partition coefficient (Wildman–Crippen LogP) is 3.68. The van der Waals surface area contributed by atoms with E-state index < -0.39 is 0 Å². The number of piperidine rings is 1. The topological polar surface area (TPSA) is 83.1 Å². The molecular weight excluding hydrogens is 394 g/mol. The normalized spacial score (nSPS) is 18.1. The molecule has 2 aromatic rings. The number of rotatable bonds is 6. The zero-order valence-electron chi connectivity index (χ0n) is 15.7. The van der Waals surface area contributed by atoms with Crippen LogP contribution in [0.2, 0.25) is 0 Å². The average molecular weight is 420 g/mol. The molecule has 0 atom stereocenters. The second-order valence-electron chi connectivity index (χ2n) is 6.86. The van der Waals surface area contributed by atoms with Crippen molar-refractivity contribution in [2.45, 2.75) is 30.3 Å². The van der Waals surface area contributed by atoms with E-state index in [1.165, 1.54) is 29.9 Å². The molecule has 7 nitrogen and oxygen atoms in total. The lowest BCUT2D eigenvalue weighted by Gasteiger charge is -2.24. The van der Waals surface area contributed by atoms with E-state index in [1.54, 1.807) is 0 Å². The van der Waals surface area contributed by atoms with Gasteiger partial charge in [0.2, 0.25) is 11.9 Å². The van der Waals surface area contributed by atoms with Crippen molar-refractivity contribution in [2.75, 3.05) is 41.4 Å². The van der Waals surface area contributed by atoms with Crippen LogP contribution >= 0.6 is 23.5 Å². The molecule has 4 rings (SSSR count). The minimum Gasteiger partial charge on any atom is -0.484 e. The lowest BCUT2D eigenvalue weighted by molar-refractivity contribution is -0.118. The Hall–Kier alpha value is -1.87. The number of nitrogens with zero attached hydrogens (tertiary/aromatic N) is 3. The number of nitrogens with one attached hydrogen (secondary N) is 2. The summed E-state index contributed by atoms with van der Waals surface area (Å²) in [4.78, 5) is 18.6. The van der Waals surface area contributed by atoms with Gasteiger partial charge in [-0.25, -0.2) is 5.10 Å². The lowest BCUT2D eigenvalue weighted by atomic mass is 10.1. The second-order valence-corrected chi connectivity index (χ2v) is 9.59. The molecule has 3 heterocycles. The largest absolute Gasteiger partial charge is 0.484 e. The predicted molar refractivity (Wildman–Crippen MR) is 115 cm³/mol. The first kappa shape index (κ1) is 19.4. The van der Waals surface area contributed by atoms with Gasteiger partial charge in [-0.15, -0.1) is 28.6 Å². The maximum absolute atomic E-state index is 12.1. The molecule has 0 unspecified atom stereocenters. The van der Waals surface area contributed by atoms with Crippen LogP contribution in [0.15, 0.2) is 24.3 Å². The van der Waals surface area contributed by atoms with Crippen LogP contribution in [-0.2, 0) is 4.79 Å². The third kappa shape index (κ3) is 5.14. The molecule has 2 aliphatic heterocycles. The van der Waals surface area contributed by atoms with Crippen molar-refractivity contribution in [1.82, 2.24) is 15.2 Å². The first-order chi connectivity index (χ1) is 13.8. The molecule has 2 aliphatic rings. The molecule has 0 aliphatic carbocycles. The van der Waals surface area contributed by atoms with Gasteiger partial charge in [0.25, 0.3) is 5.91 Å². The average Bonchev–Trinajstić information content (AvgIpc) is 3.22. The molecule has 1 amide bonds. The first-order valence-electron chi connectivity index (χ1n) is 9.71. The van der Waals surface area contributed by atoms with Gasteiger partial charge in [-0.2, -0.15) is 4.98 Å². The van der Waals surface area contributed by atoms with Gasteiger partial charge in [0.15, 0.2) is 6.61 Å². The van der Waals surface area contributed by atoms with Gasteiger partial charge in [0.05, 0.1) is 4.58 Å². The summed E-state index contributed by atoms with van der Waals surface area (Å²) in [6.45, 7) is 1.86. The Balaban J connectivity index is 1.24. The number of ether oxygens (including phenoxy) is 1. The SMILES string of the molecule is O=C(COc1ccc(C2SCCCS2)cc1)Nc1nc(N2CCCCC2)n[nH]1. The third-order valence-corrected chi connectivity index (χ3v) is 7.73. The van der Waals surface area contributed by atoms with Crippen LogP contribution in [-0.4, -0.2) is 52.3 Å². The number of H-pyrrole nitrogens is 1. The molecule has 2 fully saturated rings. The maximum atomic E-state index is 12.1. The summed E-state index contributed by atoms with van der Waals surface area (Å²) in [6, 6.07) is 8.04. The fourth-order valence-electron chi connectivity index (χ4n) is 3.26. The Kier molecular flexibility index (Phi) is 6.64. The Morgan fingerprint density at radius 1 is 1.14 bits per heavy atom. The molecule has 150 valence electrons. The van der Waals surface area contributed by atoms with E-state index in [0.717, 1.165) is 25.9 Å². The van der Waals surface area contributed by atoms with Gasteiger partial charge in [-0.3, -0.25) is 10.1 Å². The minimum absolute atomic E-state index is 0.0635. The van der Waals surface area contributed by atoms with E-state index >= 15 is 0 Å². The molecule has 28 heavy (non-hydrogen) atoms. The molecule has 0 radical (unpaired) electrons. The highest BCUT2D eigenvalue weighted by Crippen LogP contribution is 2.43. The molecule has 1 aromatic heterocycles. The number of anilines is 2. The Labute approximate surface area is 173 Å². The Bertz CT molecular complexity index is 771. The van der Waals surface area contributed by atoms with Crippen molar-refractivity contribution in [1.29, 1.82) is 0 Å². The van der Waals surface area contributed by atoms with Crippen LogP contribution in [0, 0.1) is 0 Å². The van der Waals surface area contributed by atoms with E-state index in [2.05, 4.69) is 37.5 Å². The number of carbonyl (C=O) groups excluding carboxylic acids is 1. The molecule has 0 bridgehead atoms. The van der Waals surface area contributed by atoms with E-state index in [-0.39, 0.29) is 12.5 Å². The van der Waals surface area contributed by atoms with Crippen LogP contribution in [0.4, 0.5) is 11.9 Å². The zero-order chi connectivity index (χ0) is 19.2. The smallest absolute Gasteiger partial charge is 0.264 e. The number of carbonyl (C=O) groups is 1. The van der Waals surface area contributed by atoms with Gasteiger partial charge in [0, 0.05) is 13.1 Å². The molecule has 0 saturated carbocycles. The van der Waals surface area contributed by atoms with Crippen molar-refractivity contribution < 1.29 is 9.53 Å². The number of amides is 1. The van der Waals surface area contributed by atoms with Crippen LogP contribution in [0.3, 0.4) is 0 Å². The van der Waals surface area contributed by atoms with Crippen LogP contribution in [0.5, 0.6) is 5.75 Å². The molecule has 0 spiro atoms. The monoisotopic (exact) mass is 419 g/mol. The second kappa shape index (κ2) is 9.56. The van der Waals surface area contributed by atoms with Gasteiger partial charge in [-0.1, -0.05) is 12.1 Å². The number of aromatic nitrogens is 3. The van der Waals surface area contributed by atoms with Crippen molar-refractivity contribution >= 4 is 41.3 Å². The van der Waals surface area contributed by atoms with Crippen molar-refractivity contribution in [3.8, 4) is 5.75 Å². The summed E-state index contributed by atoms with van der Waals surface area (Å²) in [5.74, 6) is 3.87. The first-order valence-corrected chi connectivity index (χ1v) is 11.8. The number of hydrogen-bond acceptors (Lipinski definition) is 7. The fraction of sp³-hybridized carbons (Fsp3) is 0.526. The highest BCUT2D eigenvalue weighted by molar-refractivity contribution is 8.16.